The Morgan fingerprint density at radius 1 is 0.933 bits per heavy atom. The van der Waals surface area contributed by atoms with Crippen molar-refractivity contribution in [3.63, 3.8) is 0 Å². The summed E-state index contributed by atoms with van der Waals surface area (Å²) in [4.78, 5) is 25.5. The van der Waals surface area contributed by atoms with Gasteiger partial charge < -0.3 is 10.6 Å². The van der Waals surface area contributed by atoms with Crippen molar-refractivity contribution in [1.29, 1.82) is 0 Å². The molecule has 2 N–H and O–H groups in total. The maximum Gasteiger partial charge on any atom is 0.255 e. The number of halogens is 3. The van der Waals surface area contributed by atoms with Crippen molar-refractivity contribution in [1.82, 2.24) is 0 Å². The maximum atomic E-state index is 13.0. The lowest BCUT2D eigenvalue weighted by atomic mass is 10.2. The third-order valence-corrected chi connectivity index (χ3v) is 5.76. The van der Waals surface area contributed by atoms with Crippen LogP contribution in [0.3, 0.4) is 0 Å². The molecule has 30 heavy (non-hydrogen) atoms. The number of anilines is 2. The van der Waals surface area contributed by atoms with E-state index in [1.807, 2.05) is 0 Å². The Kier molecular flexibility index (Phi) is 7.37. The zero-order valence-electron chi connectivity index (χ0n) is 15.8. The fraction of sp³-hybridized carbons (Fsp3) is 0.0909. The zero-order chi connectivity index (χ0) is 21.7. The summed E-state index contributed by atoms with van der Waals surface area (Å²) in [5.74, 6) is -0.942. The van der Waals surface area contributed by atoms with E-state index in [4.69, 9.17) is 23.2 Å². The minimum absolute atomic E-state index is 0.210. The van der Waals surface area contributed by atoms with Crippen LogP contribution < -0.4 is 10.6 Å². The van der Waals surface area contributed by atoms with Gasteiger partial charge in [-0.1, -0.05) is 23.2 Å². The fourth-order valence-electron chi connectivity index (χ4n) is 2.51. The van der Waals surface area contributed by atoms with Gasteiger partial charge in [-0.3, -0.25) is 9.59 Å². The Morgan fingerprint density at radius 3 is 2.27 bits per heavy atom. The highest BCUT2D eigenvalue weighted by atomic mass is 35.5. The standard InChI is InChI=1S/C22H17Cl2FN2O2S/c1-13(21(28)27-20-12-15(23)4-11-19(20)24)30-18-9-7-17(8-10-18)26-22(29)14-2-5-16(25)6-3-14/h2-13H,1H3,(H,26,29)(H,27,28). The number of rotatable bonds is 6. The van der Waals surface area contributed by atoms with Crippen molar-refractivity contribution < 1.29 is 14.0 Å². The van der Waals surface area contributed by atoms with Gasteiger partial charge in [-0.25, -0.2) is 4.39 Å². The number of amides is 2. The maximum absolute atomic E-state index is 13.0. The summed E-state index contributed by atoms with van der Waals surface area (Å²) in [6.45, 7) is 1.78. The van der Waals surface area contributed by atoms with Crippen molar-refractivity contribution in [2.75, 3.05) is 10.6 Å². The first-order valence-electron chi connectivity index (χ1n) is 8.91. The molecule has 0 heterocycles. The molecule has 0 bridgehead atoms. The third kappa shape index (κ3) is 5.98. The van der Waals surface area contributed by atoms with Gasteiger partial charge in [-0.05, 0) is 73.7 Å². The van der Waals surface area contributed by atoms with E-state index in [9.17, 15) is 14.0 Å². The van der Waals surface area contributed by atoms with E-state index in [2.05, 4.69) is 10.6 Å². The van der Waals surface area contributed by atoms with Crippen LogP contribution in [0.25, 0.3) is 0 Å². The molecule has 1 atom stereocenters. The molecule has 0 aromatic heterocycles. The molecule has 0 spiro atoms. The van der Waals surface area contributed by atoms with Gasteiger partial charge in [0.25, 0.3) is 5.91 Å². The predicted molar refractivity (Wildman–Crippen MR) is 121 cm³/mol. The fourth-order valence-corrected chi connectivity index (χ4v) is 3.71. The molecule has 3 aromatic carbocycles. The smallest absolute Gasteiger partial charge is 0.255 e. The van der Waals surface area contributed by atoms with Gasteiger partial charge in [0, 0.05) is 21.2 Å². The van der Waals surface area contributed by atoms with Crippen LogP contribution in [0.5, 0.6) is 0 Å². The van der Waals surface area contributed by atoms with Gasteiger partial charge >= 0.3 is 0 Å². The Morgan fingerprint density at radius 2 is 1.60 bits per heavy atom. The Bertz CT molecular complexity index is 1060. The number of carbonyl (C=O) groups is 2. The molecule has 0 aliphatic heterocycles. The third-order valence-electron chi connectivity index (χ3n) is 4.09. The van der Waals surface area contributed by atoms with Gasteiger partial charge in [0.2, 0.25) is 5.91 Å². The van der Waals surface area contributed by atoms with Gasteiger partial charge in [-0.2, -0.15) is 0 Å². The lowest BCUT2D eigenvalue weighted by Gasteiger charge is -2.13. The van der Waals surface area contributed by atoms with Crippen LogP contribution in [0, 0.1) is 5.82 Å². The van der Waals surface area contributed by atoms with Crippen molar-refractivity contribution in [2.45, 2.75) is 17.1 Å². The molecule has 0 fully saturated rings. The molecule has 0 aliphatic rings. The first-order valence-corrected chi connectivity index (χ1v) is 10.5. The number of hydrogen-bond acceptors (Lipinski definition) is 3. The van der Waals surface area contributed by atoms with Crippen LogP contribution in [0.15, 0.2) is 71.6 Å². The van der Waals surface area contributed by atoms with Gasteiger partial charge in [0.1, 0.15) is 5.82 Å². The number of carbonyl (C=O) groups excluding carboxylic acids is 2. The van der Waals surface area contributed by atoms with E-state index >= 15 is 0 Å². The molecule has 8 heteroatoms. The molecular weight excluding hydrogens is 446 g/mol. The first kappa shape index (κ1) is 22.2. The predicted octanol–water partition coefficient (Wildman–Crippen LogP) is 6.50. The van der Waals surface area contributed by atoms with Gasteiger partial charge in [0.15, 0.2) is 0 Å². The lowest BCUT2D eigenvalue weighted by molar-refractivity contribution is -0.115. The van der Waals surface area contributed by atoms with Crippen LogP contribution in [-0.2, 0) is 4.79 Å². The summed E-state index contributed by atoms with van der Waals surface area (Å²) in [6, 6.07) is 17.3. The van der Waals surface area contributed by atoms with E-state index < -0.39 is 5.82 Å². The molecule has 0 saturated carbocycles. The summed E-state index contributed by atoms with van der Waals surface area (Å²) in [6.07, 6.45) is 0. The number of hydrogen-bond donors (Lipinski definition) is 2. The highest BCUT2D eigenvalue weighted by Crippen LogP contribution is 2.29. The largest absolute Gasteiger partial charge is 0.324 e. The molecule has 2 amide bonds. The second-order valence-electron chi connectivity index (χ2n) is 6.36. The zero-order valence-corrected chi connectivity index (χ0v) is 18.1. The molecule has 3 aromatic rings. The van der Waals surface area contributed by atoms with E-state index in [1.54, 1.807) is 49.4 Å². The summed E-state index contributed by atoms with van der Waals surface area (Å²) >= 11 is 13.4. The molecule has 3 rings (SSSR count). The average Bonchev–Trinajstić information content (AvgIpc) is 2.72. The molecule has 0 aliphatic carbocycles. The summed E-state index contributed by atoms with van der Waals surface area (Å²) in [5.41, 5.74) is 1.41. The van der Waals surface area contributed by atoms with Crippen LogP contribution in [0.2, 0.25) is 10.0 Å². The van der Waals surface area contributed by atoms with Gasteiger partial charge in [0.05, 0.1) is 16.0 Å². The molecular formula is C22H17Cl2FN2O2S. The van der Waals surface area contributed by atoms with Crippen molar-refractivity contribution in [2.24, 2.45) is 0 Å². The Labute approximate surface area is 187 Å². The van der Waals surface area contributed by atoms with E-state index in [1.165, 1.54) is 36.0 Å². The lowest BCUT2D eigenvalue weighted by Crippen LogP contribution is -2.22. The topological polar surface area (TPSA) is 58.2 Å². The second-order valence-corrected chi connectivity index (χ2v) is 8.62. The number of nitrogens with one attached hydrogen (secondary N) is 2. The Balaban J connectivity index is 1.58. The molecule has 1 unspecified atom stereocenters. The minimum Gasteiger partial charge on any atom is -0.324 e. The minimum atomic E-state index is -0.399. The SMILES string of the molecule is CC(Sc1ccc(NC(=O)c2ccc(F)cc2)cc1)C(=O)Nc1cc(Cl)ccc1Cl. The molecule has 0 radical (unpaired) electrons. The normalized spacial score (nSPS) is 11.6. The van der Waals surface area contributed by atoms with E-state index in [0.717, 1.165) is 4.90 Å². The van der Waals surface area contributed by atoms with Crippen LogP contribution in [-0.4, -0.2) is 17.1 Å². The summed E-state index contributed by atoms with van der Waals surface area (Å²) < 4.78 is 13.0. The van der Waals surface area contributed by atoms with Gasteiger partial charge in [-0.15, -0.1) is 11.8 Å². The molecule has 0 saturated heterocycles. The first-order chi connectivity index (χ1) is 14.3. The monoisotopic (exact) mass is 462 g/mol. The van der Waals surface area contributed by atoms with Crippen LogP contribution in [0.1, 0.15) is 17.3 Å². The highest BCUT2D eigenvalue weighted by molar-refractivity contribution is 8.00. The quantitative estimate of drug-likeness (QED) is 0.410. The average molecular weight is 463 g/mol. The van der Waals surface area contributed by atoms with E-state index in [-0.39, 0.29) is 17.1 Å². The van der Waals surface area contributed by atoms with Crippen molar-refractivity contribution >= 4 is 58.2 Å². The van der Waals surface area contributed by atoms with Crippen LogP contribution >= 0.6 is 35.0 Å². The molecule has 4 nitrogen and oxygen atoms in total. The summed E-state index contributed by atoms with van der Waals surface area (Å²) in [5, 5.41) is 6.02. The van der Waals surface area contributed by atoms with E-state index in [0.29, 0.717) is 27.0 Å². The number of thioether (sulfide) groups is 1. The second kappa shape index (κ2) is 9.98. The van der Waals surface area contributed by atoms with Crippen LogP contribution in [0.4, 0.5) is 15.8 Å². The van der Waals surface area contributed by atoms with Crippen molar-refractivity contribution in [3.05, 3.63) is 88.2 Å². The summed E-state index contributed by atoms with van der Waals surface area (Å²) in [7, 11) is 0. The molecule has 154 valence electrons. The van der Waals surface area contributed by atoms with Crippen molar-refractivity contribution in [3.8, 4) is 0 Å². The highest BCUT2D eigenvalue weighted by Gasteiger charge is 2.16. The Hall–Kier alpha value is -2.54. The number of benzene rings is 3.